The van der Waals surface area contributed by atoms with Gasteiger partial charge in [0.15, 0.2) is 16.6 Å². The van der Waals surface area contributed by atoms with E-state index in [1.54, 1.807) is 5.57 Å². The fraction of sp³-hybridized carbons (Fsp3) is 0.854. The maximum atomic E-state index is 10.7. The van der Waals surface area contributed by atoms with Crippen molar-refractivity contribution in [1.29, 1.82) is 0 Å². The summed E-state index contributed by atoms with van der Waals surface area (Å²) in [6.07, 6.45) is 16.8. The largest absolute Gasteiger partial charge is 0.410 e. The first kappa shape index (κ1) is 40.9. The zero-order chi connectivity index (χ0) is 35.6. The number of fused-ring (bicyclic) bond motifs is 1. The van der Waals surface area contributed by atoms with Crippen molar-refractivity contribution in [3.05, 3.63) is 35.5 Å². The summed E-state index contributed by atoms with van der Waals surface area (Å²) in [5, 5.41) is 11.0. The molecule has 272 valence electrons. The zero-order valence-electron chi connectivity index (χ0n) is 33.4. The lowest BCUT2D eigenvalue weighted by molar-refractivity contribution is -0.0365. The van der Waals surface area contributed by atoms with Crippen molar-refractivity contribution >= 4 is 16.6 Å². The lowest BCUT2D eigenvalue weighted by Crippen LogP contribution is -2.49. The molecule has 3 rings (SSSR count). The highest BCUT2D eigenvalue weighted by molar-refractivity contribution is 6.74. The predicted octanol–water partition coefficient (Wildman–Crippen LogP) is 11.9. The molecule has 3 saturated carbocycles. The molecule has 3 aliphatic rings. The van der Waals surface area contributed by atoms with Gasteiger partial charge in [0, 0.05) is 6.61 Å². The maximum Gasteiger partial charge on any atom is 0.192 e. The van der Waals surface area contributed by atoms with Crippen LogP contribution >= 0.6 is 0 Å². The molecule has 0 aliphatic heterocycles. The highest BCUT2D eigenvalue weighted by atomic mass is 28.4. The fourth-order valence-electron chi connectivity index (χ4n) is 8.13. The van der Waals surface area contributed by atoms with Gasteiger partial charge in [-0.1, -0.05) is 92.2 Å². The first-order chi connectivity index (χ1) is 21.5. The standard InChI is InChI=1S/C41H76O4Si2/c1-16-41(42,17-2)26-19-27-43-31(4)34-23-24-35-33(20-18-25-40(34,35)11)22-21-32-28-36(44-46(12,13)38(5,6)7)30(3)37(29-32)45-47(14,15)39(8,9)10/h21-22,31,34-37,42H,3,16-20,23-29H2,1-2,4-15H3/t31-,34?,35?,36-,37-,40?/m1/s1. The van der Waals surface area contributed by atoms with E-state index >= 15 is 0 Å². The van der Waals surface area contributed by atoms with Crippen molar-refractivity contribution in [1.82, 2.24) is 0 Å². The van der Waals surface area contributed by atoms with E-state index in [9.17, 15) is 5.11 Å². The van der Waals surface area contributed by atoms with E-state index < -0.39 is 22.2 Å². The fourth-order valence-corrected chi connectivity index (χ4v) is 10.7. The first-order valence-electron chi connectivity index (χ1n) is 19.3. The average Bonchev–Trinajstić information content (AvgIpc) is 3.32. The molecule has 4 nitrogen and oxygen atoms in total. The Labute approximate surface area is 293 Å². The van der Waals surface area contributed by atoms with Crippen LogP contribution in [0.4, 0.5) is 0 Å². The minimum Gasteiger partial charge on any atom is -0.410 e. The van der Waals surface area contributed by atoms with Crippen LogP contribution in [0.1, 0.15) is 140 Å². The van der Waals surface area contributed by atoms with E-state index in [2.05, 4.69) is 114 Å². The Kier molecular flexibility index (Phi) is 13.4. The van der Waals surface area contributed by atoms with Gasteiger partial charge >= 0.3 is 0 Å². The third kappa shape index (κ3) is 9.64. The van der Waals surface area contributed by atoms with Crippen LogP contribution in [0.3, 0.4) is 0 Å². The third-order valence-electron chi connectivity index (χ3n) is 13.8. The van der Waals surface area contributed by atoms with Crippen LogP contribution in [-0.4, -0.2) is 52.3 Å². The minimum atomic E-state index is -1.99. The van der Waals surface area contributed by atoms with Crippen LogP contribution in [0.15, 0.2) is 35.5 Å². The monoisotopic (exact) mass is 689 g/mol. The highest BCUT2D eigenvalue weighted by Crippen LogP contribution is 2.58. The number of hydrogen-bond donors (Lipinski definition) is 1. The van der Waals surface area contributed by atoms with Crippen LogP contribution in [0, 0.1) is 17.3 Å². The lowest BCUT2D eigenvalue weighted by atomic mass is 9.62. The number of rotatable bonds is 13. The molecule has 6 atom stereocenters. The Bertz CT molecular complexity index is 1080. The van der Waals surface area contributed by atoms with Gasteiger partial charge in [0.2, 0.25) is 0 Å². The van der Waals surface area contributed by atoms with Crippen LogP contribution in [0.25, 0.3) is 0 Å². The van der Waals surface area contributed by atoms with E-state index in [0.29, 0.717) is 17.3 Å². The van der Waals surface area contributed by atoms with Crippen molar-refractivity contribution in [2.45, 2.75) is 200 Å². The van der Waals surface area contributed by atoms with Crippen molar-refractivity contribution < 1.29 is 18.7 Å². The summed E-state index contributed by atoms with van der Waals surface area (Å²) >= 11 is 0. The average molecular weight is 689 g/mol. The second-order valence-corrected chi connectivity index (χ2v) is 28.5. The zero-order valence-corrected chi connectivity index (χ0v) is 35.4. The van der Waals surface area contributed by atoms with E-state index in [0.717, 1.165) is 50.7 Å². The van der Waals surface area contributed by atoms with Gasteiger partial charge in [-0.05, 0) is 137 Å². The van der Waals surface area contributed by atoms with E-state index in [4.69, 9.17) is 13.6 Å². The molecule has 47 heavy (non-hydrogen) atoms. The number of hydrogen-bond acceptors (Lipinski definition) is 4. The molecule has 0 heterocycles. The second kappa shape index (κ2) is 15.4. The summed E-state index contributed by atoms with van der Waals surface area (Å²) in [7, 11) is -3.98. The molecule has 0 aromatic rings. The van der Waals surface area contributed by atoms with Crippen molar-refractivity contribution in [3.63, 3.8) is 0 Å². The summed E-state index contributed by atoms with van der Waals surface area (Å²) in [6.45, 7) is 37.9. The van der Waals surface area contributed by atoms with Crippen molar-refractivity contribution in [2.75, 3.05) is 6.61 Å². The van der Waals surface area contributed by atoms with E-state index in [1.807, 2.05) is 0 Å². The molecule has 3 unspecified atom stereocenters. The summed E-state index contributed by atoms with van der Waals surface area (Å²) in [4.78, 5) is 0. The van der Waals surface area contributed by atoms with Crippen LogP contribution < -0.4 is 0 Å². The van der Waals surface area contributed by atoms with Gasteiger partial charge in [0.25, 0.3) is 0 Å². The van der Waals surface area contributed by atoms with E-state index in [1.165, 1.54) is 37.7 Å². The predicted molar refractivity (Wildman–Crippen MR) is 207 cm³/mol. The van der Waals surface area contributed by atoms with Gasteiger partial charge in [-0.2, -0.15) is 0 Å². The quantitative estimate of drug-likeness (QED) is 0.119. The molecule has 3 aliphatic carbocycles. The third-order valence-corrected chi connectivity index (χ3v) is 22.8. The smallest absolute Gasteiger partial charge is 0.192 e. The van der Waals surface area contributed by atoms with Gasteiger partial charge in [-0.25, -0.2) is 0 Å². The Morgan fingerprint density at radius 3 is 1.94 bits per heavy atom. The molecule has 0 aromatic heterocycles. The molecule has 0 aromatic carbocycles. The second-order valence-electron chi connectivity index (χ2n) is 19.0. The Hall–Kier alpha value is -0.506. The Balaban J connectivity index is 1.80. The minimum absolute atomic E-state index is 0.0141. The van der Waals surface area contributed by atoms with Gasteiger partial charge in [-0.15, -0.1) is 0 Å². The highest BCUT2D eigenvalue weighted by Gasteiger charge is 2.51. The summed E-state index contributed by atoms with van der Waals surface area (Å²) in [5.74, 6) is 1.22. The Morgan fingerprint density at radius 2 is 1.45 bits per heavy atom. The summed E-state index contributed by atoms with van der Waals surface area (Å²) < 4.78 is 20.7. The van der Waals surface area contributed by atoms with Gasteiger partial charge < -0.3 is 18.7 Å². The maximum absolute atomic E-state index is 10.7. The van der Waals surface area contributed by atoms with Gasteiger partial charge in [0.1, 0.15) is 0 Å². The molecule has 0 radical (unpaired) electrons. The molecule has 0 bridgehead atoms. The van der Waals surface area contributed by atoms with Crippen LogP contribution in [-0.2, 0) is 13.6 Å². The molecular formula is C41H76O4Si2. The van der Waals surface area contributed by atoms with Crippen molar-refractivity contribution in [2.24, 2.45) is 17.3 Å². The molecule has 6 heteroatoms. The van der Waals surface area contributed by atoms with Crippen LogP contribution in [0.2, 0.25) is 36.3 Å². The van der Waals surface area contributed by atoms with Gasteiger partial charge in [-0.3, -0.25) is 0 Å². The number of aliphatic hydroxyl groups is 1. The molecular weight excluding hydrogens is 613 g/mol. The first-order valence-corrected chi connectivity index (χ1v) is 25.1. The number of ether oxygens (including phenoxy) is 1. The number of allylic oxidation sites excluding steroid dienone is 3. The van der Waals surface area contributed by atoms with E-state index in [-0.39, 0.29) is 28.4 Å². The topological polar surface area (TPSA) is 47.9 Å². The Morgan fingerprint density at radius 1 is 0.915 bits per heavy atom. The molecule has 1 N–H and O–H groups in total. The summed E-state index contributed by atoms with van der Waals surface area (Å²) in [6, 6.07) is 0. The molecule has 0 spiro atoms. The lowest BCUT2D eigenvalue weighted by Gasteiger charge is -2.46. The summed E-state index contributed by atoms with van der Waals surface area (Å²) in [5.41, 5.74) is 4.00. The SMILES string of the molecule is C=C1[C@H](O[Si](C)(C)C(C)(C)C)CC(=CC=C2CCCC3(C)C2CCC3[C@@H](C)OCCCC(O)(CC)CC)C[C@H]1O[Si](C)(C)C(C)(C)C. The molecule has 0 saturated heterocycles. The molecule has 0 amide bonds. The van der Waals surface area contributed by atoms with Gasteiger partial charge in [0.05, 0.1) is 23.9 Å². The van der Waals surface area contributed by atoms with Crippen molar-refractivity contribution in [3.8, 4) is 0 Å². The molecule has 3 fully saturated rings. The normalized spacial score (nSPS) is 29.7. The van der Waals surface area contributed by atoms with Crippen LogP contribution in [0.5, 0.6) is 0 Å².